The highest BCUT2D eigenvalue weighted by atomic mass is 14.9. The molecule has 0 fully saturated rings. The summed E-state index contributed by atoms with van der Waals surface area (Å²) in [5, 5.41) is 6.71. The molecule has 0 aromatic carbocycles. The van der Waals surface area contributed by atoms with E-state index in [-0.39, 0.29) is 0 Å². The first-order chi connectivity index (χ1) is 7.29. The minimum atomic E-state index is 0.715. The van der Waals surface area contributed by atoms with Crippen LogP contribution in [0.3, 0.4) is 0 Å². The number of rotatable bonds is 7. The second-order valence-electron chi connectivity index (χ2n) is 4.02. The summed E-state index contributed by atoms with van der Waals surface area (Å²) in [4.78, 5) is 7.91. The van der Waals surface area contributed by atoms with Crippen LogP contribution in [0.2, 0.25) is 0 Å². The van der Waals surface area contributed by atoms with Crippen LogP contribution in [0, 0.1) is 5.92 Å². The van der Waals surface area contributed by atoms with Gasteiger partial charge in [-0.2, -0.15) is 0 Å². The highest BCUT2D eigenvalue weighted by molar-refractivity contribution is 5.01. The van der Waals surface area contributed by atoms with Crippen molar-refractivity contribution in [3.63, 3.8) is 0 Å². The molecule has 15 heavy (non-hydrogen) atoms. The van der Waals surface area contributed by atoms with Crippen LogP contribution in [0.1, 0.15) is 19.4 Å². The monoisotopic (exact) mass is 208 g/mol. The molecule has 0 radical (unpaired) electrons. The van der Waals surface area contributed by atoms with Gasteiger partial charge in [-0.15, -0.1) is 0 Å². The Morgan fingerprint density at radius 2 is 1.80 bits per heavy atom. The van der Waals surface area contributed by atoms with Crippen LogP contribution >= 0.6 is 0 Å². The molecule has 4 nitrogen and oxygen atoms in total. The van der Waals surface area contributed by atoms with Gasteiger partial charge in [-0.25, -0.2) is 9.97 Å². The molecule has 0 saturated carbocycles. The van der Waals surface area contributed by atoms with Crippen LogP contribution in [0.15, 0.2) is 18.7 Å². The lowest BCUT2D eigenvalue weighted by molar-refractivity contribution is 0.535. The average Bonchev–Trinajstić information content (AvgIpc) is 2.24. The van der Waals surface area contributed by atoms with E-state index in [4.69, 9.17) is 0 Å². The van der Waals surface area contributed by atoms with Crippen molar-refractivity contribution in [2.24, 2.45) is 5.92 Å². The van der Waals surface area contributed by atoms with Gasteiger partial charge >= 0.3 is 0 Å². The highest BCUT2D eigenvalue weighted by Crippen LogP contribution is 1.90. The van der Waals surface area contributed by atoms with Crippen molar-refractivity contribution in [1.29, 1.82) is 0 Å². The van der Waals surface area contributed by atoms with Gasteiger partial charge in [0.2, 0.25) is 0 Å². The molecule has 2 N–H and O–H groups in total. The number of nitrogens with zero attached hydrogens (tertiary/aromatic N) is 2. The molecule has 0 bridgehead atoms. The van der Waals surface area contributed by atoms with Crippen LogP contribution in [0.25, 0.3) is 0 Å². The van der Waals surface area contributed by atoms with Gasteiger partial charge in [-0.3, -0.25) is 0 Å². The molecule has 1 heterocycles. The smallest absolute Gasteiger partial charge is 0.115 e. The molecule has 0 atom stereocenters. The normalized spacial score (nSPS) is 10.9. The number of aromatic nitrogens is 2. The Bertz CT molecular complexity index is 248. The summed E-state index contributed by atoms with van der Waals surface area (Å²) in [5.74, 6) is 0.715. The number of hydrogen-bond donors (Lipinski definition) is 2. The van der Waals surface area contributed by atoms with Gasteiger partial charge in [-0.05, 0) is 12.5 Å². The average molecular weight is 208 g/mol. The zero-order valence-electron chi connectivity index (χ0n) is 9.53. The molecule has 0 unspecified atom stereocenters. The van der Waals surface area contributed by atoms with E-state index in [2.05, 4.69) is 34.4 Å². The van der Waals surface area contributed by atoms with Crippen molar-refractivity contribution in [2.45, 2.75) is 20.4 Å². The largest absolute Gasteiger partial charge is 0.315 e. The maximum absolute atomic E-state index is 3.96. The highest BCUT2D eigenvalue weighted by Gasteiger charge is 1.93. The van der Waals surface area contributed by atoms with E-state index in [0.717, 1.165) is 31.7 Å². The maximum atomic E-state index is 3.96. The Hall–Kier alpha value is -1.00. The van der Waals surface area contributed by atoms with Crippen molar-refractivity contribution in [3.05, 3.63) is 24.3 Å². The Morgan fingerprint density at radius 1 is 1.13 bits per heavy atom. The molecule has 0 aliphatic heterocycles. The molecule has 1 rings (SSSR count). The van der Waals surface area contributed by atoms with Gasteiger partial charge in [0.1, 0.15) is 6.33 Å². The SMILES string of the molecule is CC(C)CNCCNCc1cncnc1. The molecular weight excluding hydrogens is 188 g/mol. The fraction of sp³-hybridized carbons (Fsp3) is 0.636. The predicted octanol–water partition coefficient (Wildman–Crippen LogP) is 0.812. The first-order valence-electron chi connectivity index (χ1n) is 5.44. The van der Waals surface area contributed by atoms with Gasteiger partial charge in [0, 0.05) is 37.6 Å². The van der Waals surface area contributed by atoms with Crippen LogP contribution < -0.4 is 10.6 Å². The summed E-state index contributed by atoms with van der Waals surface area (Å²) >= 11 is 0. The fourth-order valence-corrected chi connectivity index (χ4v) is 1.22. The van der Waals surface area contributed by atoms with Crippen molar-refractivity contribution in [3.8, 4) is 0 Å². The summed E-state index contributed by atoms with van der Waals surface area (Å²) < 4.78 is 0. The molecule has 1 aromatic heterocycles. The molecule has 0 saturated heterocycles. The molecule has 1 aromatic rings. The van der Waals surface area contributed by atoms with E-state index in [1.165, 1.54) is 0 Å². The second kappa shape index (κ2) is 7.31. The van der Waals surface area contributed by atoms with Crippen molar-refractivity contribution in [1.82, 2.24) is 20.6 Å². The third kappa shape index (κ3) is 6.14. The van der Waals surface area contributed by atoms with Crippen molar-refractivity contribution in [2.75, 3.05) is 19.6 Å². The molecular formula is C11H20N4. The fourth-order valence-electron chi connectivity index (χ4n) is 1.22. The van der Waals surface area contributed by atoms with E-state index in [0.29, 0.717) is 5.92 Å². The van der Waals surface area contributed by atoms with Crippen LogP contribution in [-0.4, -0.2) is 29.6 Å². The molecule has 84 valence electrons. The quantitative estimate of drug-likeness (QED) is 0.651. The number of nitrogens with one attached hydrogen (secondary N) is 2. The summed E-state index contributed by atoms with van der Waals surface area (Å²) in [6.45, 7) is 8.32. The summed E-state index contributed by atoms with van der Waals surface area (Å²) in [6.07, 6.45) is 5.22. The van der Waals surface area contributed by atoms with Gasteiger partial charge in [-0.1, -0.05) is 13.8 Å². The molecule has 0 aliphatic carbocycles. The van der Waals surface area contributed by atoms with E-state index >= 15 is 0 Å². The Balaban J connectivity index is 1.98. The van der Waals surface area contributed by atoms with Crippen LogP contribution in [0.4, 0.5) is 0 Å². The predicted molar refractivity (Wildman–Crippen MR) is 61.4 cm³/mol. The lowest BCUT2D eigenvalue weighted by atomic mass is 10.2. The van der Waals surface area contributed by atoms with E-state index in [1.807, 2.05) is 12.4 Å². The third-order valence-electron chi connectivity index (χ3n) is 1.97. The zero-order valence-corrected chi connectivity index (χ0v) is 9.53. The lowest BCUT2D eigenvalue weighted by Crippen LogP contribution is -2.29. The molecule has 0 aliphatic rings. The summed E-state index contributed by atoms with van der Waals surface area (Å²) in [7, 11) is 0. The number of hydrogen-bond acceptors (Lipinski definition) is 4. The van der Waals surface area contributed by atoms with E-state index in [9.17, 15) is 0 Å². The standard InChI is InChI=1S/C11H20N4/c1-10(2)5-12-3-4-13-6-11-7-14-9-15-8-11/h7-10,12-13H,3-6H2,1-2H3. The maximum Gasteiger partial charge on any atom is 0.115 e. The molecule has 0 amide bonds. The van der Waals surface area contributed by atoms with Gasteiger partial charge in [0.05, 0.1) is 0 Å². The topological polar surface area (TPSA) is 49.8 Å². The van der Waals surface area contributed by atoms with Crippen molar-refractivity contribution >= 4 is 0 Å². The zero-order chi connectivity index (χ0) is 10.9. The minimum absolute atomic E-state index is 0.715. The first-order valence-corrected chi connectivity index (χ1v) is 5.44. The van der Waals surface area contributed by atoms with Crippen molar-refractivity contribution < 1.29 is 0 Å². The lowest BCUT2D eigenvalue weighted by Gasteiger charge is -2.08. The van der Waals surface area contributed by atoms with Gasteiger partial charge < -0.3 is 10.6 Å². The van der Waals surface area contributed by atoms with Crippen LogP contribution in [-0.2, 0) is 6.54 Å². The summed E-state index contributed by atoms with van der Waals surface area (Å²) in [6, 6.07) is 0. The third-order valence-corrected chi connectivity index (χ3v) is 1.97. The Labute approximate surface area is 91.5 Å². The van der Waals surface area contributed by atoms with E-state index < -0.39 is 0 Å². The Kier molecular flexibility index (Phi) is 5.88. The van der Waals surface area contributed by atoms with Gasteiger partial charge in [0.25, 0.3) is 0 Å². The molecule has 4 heteroatoms. The molecule has 0 spiro atoms. The van der Waals surface area contributed by atoms with Gasteiger partial charge in [0.15, 0.2) is 0 Å². The van der Waals surface area contributed by atoms with Crippen LogP contribution in [0.5, 0.6) is 0 Å². The summed E-state index contributed by atoms with van der Waals surface area (Å²) in [5.41, 5.74) is 1.13. The second-order valence-corrected chi connectivity index (χ2v) is 4.02. The van der Waals surface area contributed by atoms with E-state index in [1.54, 1.807) is 6.33 Å². The Morgan fingerprint density at radius 3 is 2.47 bits per heavy atom. The first kappa shape index (κ1) is 12.1. The minimum Gasteiger partial charge on any atom is -0.315 e.